The second-order valence-electron chi connectivity index (χ2n) is 2.98. The summed E-state index contributed by atoms with van der Waals surface area (Å²) in [6.07, 6.45) is 6.70. The van der Waals surface area contributed by atoms with Crippen LogP contribution in [0.2, 0.25) is 0 Å². The summed E-state index contributed by atoms with van der Waals surface area (Å²) in [6.45, 7) is 1.83. The second-order valence-corrected chi connectivity index (χ2v) is 2.98. The maximum atomic E-state index is 3.20. The van der Waals surface area contributed by atoms with E-state index in [9.17, 15) is 0 Å². The molecule has 0 radical (unpaired) electrons. The van der Waals surface area contributed by atoms with Crippen LogP contribution in [0.4, 0.5) is 0 Å². The number of hydrogen-bond donors (Lipinski definition) is 0. The second kappa shape index (κ2) is 4.86. The van der Waals surface area contributed by atoms with E-state index in [1.54, 1.807) is 0 Å². The highest BCUT2D eigenvalue weighted by Gasteiger charge is 2.09. The van der Waals surface area contributed by atoms with Gasteiger partial charge in [-0.05, 0) is 31.6 Å². The summed E-state index contributed by atoms with van der Waals surface area (Å²) in [7, 11) is 0. The monoisotopic (exact) mass is 146 g/mol. The van der Waals surface area contributed by atoms with Gasteiger partial charge in [-0.3, -0.25) is 0 Å². The Balaban J connectivity index is 2.34. The molecule has 0 saturated heterocycles. The minimum Gasteiger partial charge on any atom is -0.0925 e. The van der Waals surface area contributed by atoms with Crippen LogP contribution in [0.25, 0.3) is 0 Å². The van der Waals surface area contributed by atoms with Crippen molar-refractivity contribution in [1.29, 1.82) is 0 Å². The molecule has 0 spiro atoms. The van der Waals surface area contributed by atoms with Crippen LogP contribution >= 0.6 is 0 Å². The lowest BCUT2D eigenvalue weighted by atomic mass is 9.90. The summed E-state index contributed by atoms with van der Waals surface area (Å²) >= 11 is 0. The molecule has 0 unspecified atom stereocenters. The zero-order chi connectivity index (χ0) is 7.94. The van der Waals surface area contributed by atoms with Crippen LogP contribution in [0.3, 0.4) is 0 Å². The van der Waals surface area contributed by atoms with Gasteiger partial charge in [0.15, 0.2) is 0 Å². The van der Waals surface area contributed by atoms with Crippen molar-refractivity contribution >= 4 is 0 Å². The van der Waals surface area contributed by atoms with Crippen molar-refractivity contribution in [3.63, 3.8) is 0 Å². The Hall–Kier alpha value is -0.880. The first kappa shape index (κ1) is 8.22. The first-order chi connectivity index (χ1) is 5.43. The van der Waals surface area contributed by atoms with E-state index in [0.29, 0.717) is 5.92 Å². The fourth-order valence-electron chi connectivity index (χ4n) is 1.45. The first-order valence-electron chi connectivity index (χ1n) is 4.36. The zero-order valence-corrected chi connectivity index (χ0v) is 7.11. The van der Waals surface area contributed by atoms with Gasteiger partial charge in [0, 0.05) is 5.92 Å². The molecule has 1 saturated carbocycles. The molecule has 0 N–H and O–H groups in total. The molecular weight excluding hydrogens is 132 g/mol. The van der Waals surface area contributed by atoms with Crippen molar-refractivity contribution in [1.82, 2.24) is 0 Å². The van der Waals surface area contributed by atoms with Gasteiger partial charge in [-0.1, -0.05) is 31.1 Å². The maximum Gasteiger partial charge on any atom is 0.0213 e. The van der Waals surface area contributed by atoms with Crippen LogP contribution in [0, 0.1) is 29.6 Å². The smallest absolute Gasteiger partial charge is 0.0213 e. The van der Waals surface area contributed by atoms with Crippen LogP contribution in [0.15, 0.2) is 0 Å². The molecule has 58 valence electrons. The fraction of sp³-hybridized carbons (Fsp3) is 0.636. The van der Waals surface area contributed by atoms with Crippen molar-refractivity contribution < 1.29 is 0 Å². The summed E-state index contributed by atoms with van der Waals surface area (Å²) in [5.41, 5.74) is 0. The molecule has 0 atom stereocenters. The fourth-order valence-corrected chi connectivity index (χ4v) is 1.45. The first-order valence-corrected chi connectivity index (χ1v) is 4.36. The van der Waals surface area contributed by atoms with Gasteiger partial charge in [0.25, 0.3) is 0 Å². The lowest BCUT2D eigenvalue weighted by Gasteiger charge is -2.15. The molecule has 1 rings (SSSR count). The third-order valence-corrected chi connectivity index (χ3v) is 2.07. The van der Waals surface area contributed by atoms with Gasteiger partial charge < -0.3 is 0 Å². The Morgan fingerprint density at radius 1 is 1.00 bits per heavy atom. The zero-order valence-electron chi connectivity index (χ0n) is 7.11. The van der Waals surface area contributed by atoms with Crippen LogP contribution in [0.5, 0.6) is 0 Å². The van der Waals surface area contributed by atoms with E-state index < -0.39 is 0 Å². The van der Waals surface area contributed by atoms with Crippen molar-refractivity contribution in [2.45, 2.75) is 39.0 Å². The van der Waals surface area contributed by atoms with E-state index in [-0.39, 0.29) is 0 Å². The average Bonchev–Trinajstić information content (AvgIpc) is 2.07. The van der Waals surface area contributed by atoms with Crippen LogP contribution in [-0.2, 0) is 0 Å². The normalized spacial score (nSPS) is 17.5. The van der Waals surface area contributed by atoms with Crippen molar-refractivity contribution in [2.24, 2.45) is 5.92 Å². The molecule has 0 heteroatoms. The van der Waals surface area contributed by atoms with Gasteiger partial charge in [0.05, 0.1) is 0 Å². The highest BCUT2D eigenvalue weighted by Crippen LogP contribution is 2.22. The molecule has 0 amide bonds. The third kappa shape index (κ3) is 3.15. The molecule has 0 aromatic carbocycles. The van der Waals surface area contributed by atoms with Gasteiger partial charge in [0.1, 0.15) is 0 Å². The molecule has 11 heavy (non-hydrogen) atoms. The summed E-state index contributed by atoms with van der Waals surface area (Å²) in [5, 5.41) is 0. The van der Waals surface area contributed by atoms with Gasteiger partial charge >= 0.3 is 0 Å². The highest BCUT2D eigenvalue weighted by molar-refractivity contribution is 5.26. The largest absolute Gasteiger partial charge is 0.0925 e. The lowest BCUT2D eigenvalue weighted by molar-refractivity contribution is 0.430. The van der Waals surface area contributed by atoms with Crippen molar-refractivity contribution in [3.05, 3.63) is 0 Å². The summed E-state index contributed by atoms with van der Waals surface area (Å²) in [4.78, 5) is 0. The van der Waals surface area contributed by atoms with E-state index >= 15 is 0 Å². The van der Waals surface area contributed by atoms with Crippen molar-refractivity contribution in [3.8, 4) is 23.7 Å². The third-order valence-electron chi connectivity index (χ3n) is 2.07. The Morgan fingerprint density at radius 3 is 2.36 bits per heavy atom. The van der Waals surface area contributed by atoms with Crippen LogP contribution in [0.1, 0.15) is 39.0 Å². The average molecular weight is 146 g/mol. The van der Waals surface area contributed by atoms with E-state index in [1.807, 2.05) is 6.92 Å². The molecular formula is C11H14. The van der Waals surface area contributed by atoms with E-state index in [1.165, 1.54) is 32.1 Å². The van der Waals surface area contributed by atoms with Gasteiger partial charge in [-0.25, -0.2) is 0 Å². The molecule has 0 aliphatic heterocycles. The predicted molar refractivity (Wildman–Crippen MR) is 47.8 cm³/mol. The van der Waals surface area contributed by atoms with E-state index in [2.05, 4.69) is 23.7 Å². The molecule has 1 fully saturated rings. The van der Waals surface area contributed by atoms with Crippen LogP contribution in [-0.4, -0.2) is 0 Å². The van der Waals surface area contributed by atoms with E-state index in [4.69, 9.17) is 0 Å². The molecule has 0 heterocycles. The van der Waals surface area contributed by atoms with Gasteiger partial charge in [0.2, 0.25) is 0 Å². The Bertz CT molecular complexity index is 210. The van der Waals surface area contributed by atoms with Crippen molar-refractivity contribution in [2.75, 3.05) is 0 Å². The lowest BCUT2D eigenvalue weighted by Crippen LogP contribution is -2.02. The Kier molecular flexibility index (Phi) is 3.63. The van der Waals surface area contributed by atoms with Gasteiger partial charge in [-0.2, -0.15) is 0 Å². The molecule has 0 aromatic rings. The summed E-state index contributed by atoms with van der Waals surface area (Å²) in [5.74, 6) is 12.3. The summed E-state index contributed by atoms with van der Waals surface area (Å²) < 4.78 is 0. The minimum absolute atomic E-state index is 0.643. The maximum absolute atomic E-state index is 3.20. The molecule has 1 aliphatic rings. The minimum atomic E-state index is 0.643. The SMILES string of the molecule is CC#CC#CC1CCCCC1. The quantitative estimate of drug-likeness (QED) is 0.461. The Morgan fingerprint density at radius 2 is 1.73 bits per heavy atom. The van der Waals surface area contributed by atoms with Gasteiger partial charge in [-0.15, -0.1) is 0 Å². The topological polar surface area (TPSA) is 0 Å². The summed E-state index contributed by atoms with van der Waals surface area (Å²) in [6, 6.07) is 0. The highest BCUT2D eigenvalue weighted by atomic mass is 14.1. The standard InChI is InChI=1S/C11H14/c1-2-3-5-8-11-9-6-4-7-10-11/h11H,4,6-7,9-10H2,1H3. The number of hydrogen-bond acceptors (Lipinski definition) is 0. The predicted octanol–water partition coefficient (Wildman–Crippen LogP) is 2.59. The molecule has 0 nitrogen and oxygen atoms in total. The molecule has 0 bridgehead atoms. The van der Waals surface area contributed by atoms with Crippen LogP contribution < -0.4 is 0 Å². The van der Waals surface area contributed by atoms with E-state index in [0.717, 1.165) is 0 Å². The molecule has 1 aliphatic carbocycles. The Labute approximate surface area is 69.4 Å². The number of rotatable bonds is 0. The molecule has 0 aromatic heterocycles.